The van der Waals surface area contributed by atoms with Gasteiger partial charge in [0.2, 0.25) is 5.91 Å². The molecule has 0 aromatic heterocycles. The van der Waals surface area contributed by atoms with Crippen LogP contribution in [0.1, 0.15) is 24.8 Å². The molecule has 2 rings (SSSR count). The lowest BCUT2D eigenvalue weighted by atomic mass is 9.97. The van der Waals surface area contributed by atoms with E-state index in [4.69, 9.17) is 5.90 Å². The number of likely N-dealkylation sites (tertiary alicyclic amines) is 1. The molecule has 104 valence electrons. The number of carbonyl (C=O) groups is 1. The maximum absolute atomic E-state index is 12.1. The minimum absolute atomic E-state index is 0.260. The van der Waals surface area contributed by atoms with Gasteiger partial charge in [-0.05, 0) is 30.7 Å². The van der Waals surface area contributed by atoms with E-state index in [1.165, 1.54) is 5.56 Å². The highest BCUT2D eigenvalue weighted by Crippen LogP contribution is 2.18. The first-order chi connectivity index (χ1) is 9.29. The van der Waals surface area contributed by atoms with Crippen LogP contribution in [0.25, 0.3) is 0 Å². The maximum atomic E-state index is 12.1. The first-order valence-electron chi connectivity index (χ1n) is 6.93. The summed E-state index contributed by atoms with van der Waals surface area (Å²) >= 11 is 0. The predicted molar refractivity (Wildman–Crippen MR) is 74.2 cm³/mol. The van der Waals surface area contributed by atoms with Crippen molar-refractivity contribution in [1.29, 1.82) is 0 Å². The first kappa shape index (κ1) is 14.0. The topological polar surface area (TPSA) is 55.6 Å². The molecular weight excluding hydrogens is 240 g/mol. The van der Waals surface area contributed by atoms with Gasteiger partial charge >= 0.3 is 0 Å². The monoisotopic (exact) mass is 262 g/mol. The fraction of sp³-hybridized carbons (Fsp3) is 0.533. The summed E-state index contributed by atoms with van der Waals surface area (Å²) in [4.78, 5) is 18.8. The van der Waals surface area contributed by atoms with Gasteiger partial charge in [0.05, 0.1) is 6.61 Å². The molecule has 1 saturated heterocycles. The van der Waals surface area contributed by atoms with Crippen molar-refractivity contribution >= 4 is 5.91 Å². The quantitative estimate of drug-likeness (QED) is 0.822. The number of benzene rings is 1. The number of rotatable bonds is 5. The summed E-state index contributed by atoms with van der Waals surface area (Å²) in [5.74, 6) is 5.85. The molecule has 0 aliphatic carbocycles. The van der Waals surface area contributed by atoms with E-state index in [2.05, 4.69) is 17.0 Å². The second-order valence-corrected chi connectivity index (χ2v) is 5.14. The molecule has 1 amide bonds. The Morgan fingerprint density at radius 3 is 2.58 bits per heavy atom. The van der Waals surface area contributed by atoms with Crippen molar-refractivity contribution in [3.05, 3.63) is 35.9 Å². The Hall–Kier alpha value is -1.39. The van der Waals surface area contributed by atoms with E-state index >= 15 is 0 Å². The van der Waals surface area contributed by atoms with Crippen LogP contribution in [0.15, 0.2) is 30.3 Å². The molecule has 0 saturated carbocycles. The summed E-state index contributed by atoms with van der Waals surface area (Å²) in [6.07, 6.45) is 3.41. The molecule has 1 fully saturated rings. The van der Waals surface area contributed by atoms with Crippen LogP contribution < -0.4 is 5.90 Å². The molecule has 19 heavy (non-hydrogen) atoms. The van der Waals surface area contributed by atoms with E-state index in [0.29, 0.717) is 18.9 Å². The van der Waals surface area contributed by atoms with Crippen LogP contribution >= 0.6 is 0 Å². The zero-order valence-electron chi connectivity index (χ0n) is 11.3. The van der Waals surface area contributed by atoms with Crippen molar-refractivity contribution in [3.63, 3.8) is 0 Å². The number of amides is 1. The van der Waals surface area contributed by atoms with E-state index in [-0.39, 0.29) is 5.91 Å². The number of aryl methyl sites for hydroxylation is 1. The van der Waals surface area contributed by atoms with Gasteiger partial charge in [-0.25, -0.2) is 5.90 Å². The lowest BCUT2D eigenvalue weighted by Crippen LogP contribution is -2.39. The smallest absolute Gasteiger partial charge is 0.222 e. The first-order valence-corrected chi connectivity index (χ1v) is 6.93. The van der Waals surface area contributed by atoms with Crippen molar-refractivity contribution < 1.29 is 9.63 Å². The molecule has 2 N–H and O–H groups in total. The van der Waals surface area contributed by atoms with Crippen molar-refractivity contribution in [2.45, 2.75) is 25.7 Å². The number of hydrogen-bond donors (Lipinski definition) is 1. The second-order valence-electron chi connectivity index (χ2n) is 5.14. The lowest BCUT2D eigenvalue weighted by molar-refractivity contribution is -0.132. The van der Waals surface area contributed by atoms with E-state index in [1.54, 1.807) is 0 Å². The van der Waals surface area contributed by atoms with Crippen LogP contribution in [0, 0.1) is 5.92 Å². The van der Waals surface area contributed by atoms with Crippen molar-refractivity contribution in [3.8, 4) is 0 Å². The van der Waals surface area contributed by atoms with Crippen molar-refractivity contribution in [1.82, 2.24) is 4.90 Å². The molecule has 4 nitrogen and oxygen atoms in total. The van der Waals surface area contributed by atoms with Crippen LogP contribution in [0.3, 0.4) is 0 Å². The zero-order valence-corrected chi connectivity index (χ0v) is 11.3. The highest BCUT2D eigenvalue weighted by atomic mass is 16.6. The third-order valence-corrected chi connectivity index (χ3v) is 3.77. The SMILES string of the molecule is NOCC1CCN(C(=O)CCc2ccccc2)CC1. The molecule has 0 radical (unpaired) electrons. The number of piperidine rings is 1. The maximum Gasteiger partial charge on any atom is 0.222 e. The van der Waals surface area contributed by atoms with Gasteiger partial charge in [-0.2, -0.15) is 0 Å². The second kappa shape index (κ2) is 7.26. The molecule has 1 heterocycles. The van der Waals surface area contributed by atoms with Gasteiger partial charge in [0.25, 0.3) is 0 Å². The Morgan fingerprint density at radius 2 is 1.95 bits per heavy atom. The summed E-state index contributed by atoms with van der Waals surface area (Å²) in [6.45, 7) is 2.27. The Bertz CT molecular complexity index is 386. The number of carbonyl (C=O) groups excluding carboxylic acids is 1. The van der Waals surface area contributed by atoms with Gasteiger partial charge in [-0.15, -0.1) is 0 Å². The van der Waals surface area contributed by atoms with E-state index in [9.17, 15) is 4.79 Å². The Balaban J connectivity index is 1.73. The summed E-state index contributed by atoms with van der Waals surface area (Å²) in [7, 11) is 0. The summed E-state index contributed by atoms with van der Waals surface area (Å²) < 4.78 is 0. The van der Waals surface area contributed by atoms with Gasteiger partial charge in [-0.1, -0.05) is 30.3 Å². The highest BCUT2D eigenvalue weighted by molar-refractivity contribution is 5.76. The van der Waals surface area contributed by atoms with Gasteiger partial charge in [0.15, 0.2) is 0 Å². The fourth-order valence-electron chi connectivity index (χ4n) is 2.54. The fourth-order valence-corrected chi connectivity index (χ4v) is 2.54. The molecule has 1 aliphatic heterocycles. The van der Waals surface area contributed by atoms with Gasteiger partial charge in [0, 0.05) is 19.5 Å². The van der Waals surface area contributed by atoms with E-state index in [1.807, 2.05) is 23.1 Å². The largest absolute Gasteiger partial charge is 0.343 e. The molecule has 4 heteroatoms. The molecule has 0 atom stereocenters. The standard InChI is InChI=1S/C15H22N2O2/c16-19-12-14-8-10-17(11-9-14)15(18)7-6-13-4-2-1-3-5-13/h1-5,14H,6-12,16H2. The third-order valence-electron chi connectivity index (χ3n) is 3.77. The molecule has 1 aliphatic rings. The molecule has 0 spiro atoms. The van der Waals surface area contributed by atoms with Gasteiger partial charge in [0.1, 0.15) is 0 Å². The zero-order chi connectivity index (χ0) is 13.5. The Kier molecular flexibility index (Phi) is 5.36. The molecular formula is C15H22N2O2. The van der Waals surface area contributed by atoms with Gasteiger partial charge < -0.3 is 9.74 Å². The van der Waals surface area contributed by atoms with Gasteiger partial charge in [-0.3, -0.25) is 4.79 Å². The Morgan fingerprint density at radius 1 is 1.26 bits per heavy atom. The van der Waals surface area contributed by atoms with E-state index < -0.39 is 0 Å². The van der Waals surface area contributed by atoms with Crippen LogP contribution in [-0.4, -0.2) is 30.5 Å². The van der Waals surface area contributed by atoms with Crippen LogP contribution in [0.5, 0.6) is 0 Å². The number of nitrogens with two attached hydrogens (primary N) is 1. The summed E-state index contributed by atoms with van der Waals surface area (Å²) in [5, 5.41) is 0. The number of nitrogens with zero attached hydrogens (tertiary/aromatic N) is 1. The number of hydrogen-bond acceptors (Lipinski definition) is 3. The van der Waals surface area contributed by atoms with Crippen LogP contribution in [-0.2, 0) is 16.1 Å². The predicted octanol–water partition coefficient (Wildman–Crippen LogP) is 1.75. The minimum Gasteiger partial charge on any atom is -0.343 e. The average Bonchev–Trinajstić information content (AvgIpc) is 2.47. The van der Waals surface area contributed by atoms with Crippen molar-refractivity contribution in [2.24, 2.45) is 11.8 Å². The molecule has 1 aromatic carbocycles. The highest BCUT2D eigenvalue weighted by Gasteiger charge is 2.22. The summed E-state index contributed by atoms with van der Waals surface area (Å²) in [6, 6.07) is 10.2. The molecule has 0 unspecified atom stereocenters. The van der Waals surface area contributed by atoms with Crippen LogP contribution in [0.4, 0.5) is 0 Å². The van der Waals surface area contributed by atoms with E-state index in [0.717, 1.165) is 32.4 Å². The van der Waals surface area contributed by atoms with Crippen LogP contribution in [0.2, 0.25) is 0 Å². The minimum atomic E-state index is 0.260. The normalized spacial score (nSPS) is 16.6. The molecule has 0 bridgehead atoms. The van der Waals surface area contributed by atoms with Crippen molar-refractivity contribution in [2.75, 3.05) is 19.7 Å². The molecule has 1 aromatic rings. The Labute approximate surface area is 114 Å². The lowest BCUT2D eigenvalue weighted by Gasteiger charge is -2.31. The third kappa shape index (κ3) is 4.33. The average molecular weight is 262 g/mol. The summed E-state index contributed by atoms with van der Waals surface area (Å²) in [5.41, 5.74) is 1.22.